The van der Waals surface area contributed by atoms with Gasteiger partial charge in [-0.3, -0.25) is 4.72 Å². The first-order valence-electron chi connectivity index (χ1n) is 10.7. The third-order valence-electron chi connectivity index (χ3n) is 5.59. The summed E-state index contributed by atoms with van der Waals surface area (Å²) in [7, 11) is -3.76. The number of nitrogens with one attached hydrogen (secondary N) is 1. The van der Waals surface area contributed by atoms with Crippen molar-refractivity contribution in [2.45, 2.75) is 24.2 Å². The van der Waals surface area contributed by atoms with Crippen LogP contribution in [0.1, 0.15) is 19.3 Å². The highest BCUT2D eigenvalue weighted by atomic mass is 32.2. The maximum absolute atomic E-state index is 12.8. The van der Waals surface area contributed by atoms with Crippen LogP contribution in [0.5, 0.6) is 11.5 Å². The number of nitrogens with zero attached hydrogens (tertiary/aromatic N) is 3. The van der Waals surface area contributed by atoms with Crippen molar-refractivity contribution in [1.29, 1.82) is 0 Å². The minimum absolute atomic E-state index is 0.116. The van der Waals surface area contributed by atoms with Crippen LogP contribution < -0.4 is 19.1 Å². The third-order valence-corrected chi connectivity index (χ3v) is 6.97. The summed E-state index contributed by atoms with van der Waals surface area (Å²) in [5.41, 5.74) is 2.07. The van der Waals surface area contributed by atoms with E-state index in [-0.39, 0.29) is 4.90 Å². The van der Waals surface area contributed by atoms with E-state index in [0.717, 1.165) is 30.2 Å². The lowest BCUT2D eigenvalue weighted by atomic mass is 10.1. The highest BCUT2D eigenvalue weighted by molar-refractivity contribution is 7.92. The lowest BCUT2D eigenvalue weighted by Gasteiger charge is -2.27. The van der Waals surface area contributed by atoms with Gasteiger partial charge in [-0.05, 0) is 55.7 Å². The quantitative estimate of drug-likeness (QED) is 0.631. The monoisotopic (exact) mass is 452 g/mol. The van der Waals surface area contributed by atoms with Crippen molar-refractivity contribution in [3.8, 4) is 22.8 Å². The molecule has 0 radical (unpaired) electrons. The first-order valence-corrected chi connectivity index (χ1v) is 12.2. The number of sulfonamides is 1. The van der Waals surface area contributed by atoms with Gasteiger partial charge in [-0.1, -0.05) is 12.1 Å². The van der Waals surface area contributed by atoms with Gasteiger partial charge in [0.15, 0.2) is 17.3 Å². The molecule has 8 nitrogen and oxygen atoms in total. The van der Waals surface area contributed by atoms with Crippen LogP contribution in [0.2, 0.25) is 0 Å². The normalized spacial score (nSPS) is 15.9. The zero-order chi connectivity index (χ0) is 22.0. The zero-order valence-corrected chi connectivity index (χ0v) is 18.3. The molecular formula is C23H24N4O4S. The first kappa shape index (κ1) is 20.6. The van der Waals surface area contributed by atoms with Gasteiger partial charge in [-0.2, -0.15) is 0 Å². The zero-order valence-electron chi connectivity index (χ0n) is 17.5. The van der Waals surface area contributed by atoms with Crippen LogP contribution in [0.4, 0.5) is 11.5 Å². The smallest absolute Gasteiger partial charge is 0.262 e. The predicted octanol–water partition coefficient (Wildman–Crippen LogP) is 3.71. The van der Waals surface area contributed by atoms with E-state index in [9.17, 15) is 8.42 Å². The number of ether oxygens (including phenoxy) is 2. The molecule has 1 N–H and O–H groups in total. The average Bonchev–Trinajstić information content (AvgIpc) is 2.85. The SMILES string of the molecule is O=S(=O)(Nc1ccc(-c2ccc(N3CCCCC3)nn2)cc1)c1ccc2c(c1)OCCO2. The molecule has 0 saturated carbocycles. The summed E-state index contributed by atoms with van der Waals surface area (Å²) in [6.45, 7) is 2.89. The van der Waals surface area contributed by atoms with E-state index in [2.05, 4.69) is 19.8 Å². The number of piperidine rings is 1. The minimum Gasteiger partial charge on any atom is -0.486 e. The Morgan fingerprint density at radius 3 is 2.28 bits per heavy atom. The van der Waals surface area contributed by atoms with Crippen molar-refractivity contribution in [3.05, 3.63) is 54.6 Å². The molecule has 3 heterocycles. The Labute approximate surface area is 187 Å². The van der Waals surface area contributed by atoms with Crippen molar-refractivity contribution in [1.82, 2.24) is 10.2 Å². The van der Waals surface area contributed by atoms with Crippen LogP contribution in [0.25, 0.3) is 11.3 Å². The molecule has 32 heavy (non-hydrogen) atoms. The van der Waals surface area contributed by atoms with Gasteiger partial charge >= 0.3 is 0 Å². The van der Waals surface area contributed by atoms with Gasteiger partial charge in [0, 0.05) is 30.4 Å². The molecule has 9 heteroatoms. The minimum atomic E-state index is -3.76. The summed E-state index contributed by atoms with van der Waals surface area (Å²) in [6, 6.07) is 15.6. The Hall–Kier alpha value is -3.33. The molecule has 5 rings (SSSR count). The number of fused-ring (bicyclic) bond motifs is 1. The Morgan fingerprint density at radius 1 is 0.812 bits per heavy atom. The largest absolute Gasteiger partial charge is 0.486 e. The molecule has 2 aromatic carbocycles. The van der Waals surface area contributed by atoms with Crippen LogP contribution in [0.15, 0.2) is 59.5 Å². The third kappa shape index (κ3) is 4.34. The molecule has 0 amide bonds. The van der Waals surface area contributed by atoms with E-state index in [0.29, 0.717) is 30.4 Å². The van der Waals surface area contributed by atoms with Crippen LogP contribution in [-0.2, 0) is 10.0 Å². The van der Waals surface area contributed by atoms with Crippen LogP contribution in [0, 0.1) is 0 Å². The van der Waals surface area contributed by atoms with Crippen LogP contribution >= 0.6 is 0 Å². The Balaban J connectivity index is 1.29. The second-order valence-corrected chi connectivity index (χ2v) is 9.50. The van der Waals surface area contributed by atoms with E-state index in [1.165, 1.54) is 31.4 Å². The fourth-order valence-corrected chi connectivity index (χ4v) is 4.96. The second-order valence-electron chi connectivity index (χ2n) is 7.81. The molecule has 0 aliphatic carbocycles. The lowest BCUT2D eigenvalue weighted by molar-refractivity contribution is 0.171. The summed E-state index contributed by atoms with van der Waals surface area (Å²) in [5, 5.41) is 8.74. The fraction of sp³-hybridized carbons (Fsp3) is 0.304. The van der Waals surface area contributed by atoms with Gasteiger partial charge in [0.1, 0.15) is 13.2 Å². The fourth-order valence-electron chi connectivity index (χ4n) is 3.88. The molecule has 2 aliphatic rings. The lowest BCUT2D eigenvalue weighted by Crippen LogP contribution is -2.30. The molecule has 1 aromatic heterocycles. The van der Waals surface area contributed by atoms with Gasteiger partial charge in [0.25, 0.3) is 10.0 Å². The predicted molar refractivity (Wildman–Crippen MR) is 122 cm³/mol. The molecule has 0 bridgehead atoms. The Kier molecular flexibility index (Phi) is 5.57. The van der Waals surface area contributed by atoms with Gasteiger partial charge in [-0.25, -0.2) is 8.42 Å². The van der Waals surface area contributed by atoms with E-state index in [1.54, 1.807) is 18.2 Å². The van der Waals surface area contributed by atoms with Crippen molar-refractivity contribution < 1.29 is 17.9 Å². The number of hydrogen-bond donors (Lipinski definition) is 1. The average molecular weight is 453 g/mol. The number of anilines is 2. The highest BCUT2D eigenvalue weighted by Crippen LogP contribution is 2.33. The molecule has 0 unspecified atom stereocenters. The Bertz CT molecular complexity index is 1190. The number of aromatic nitrogens is 2. The number of benzene rings is 2. The van der Waals surface area contributed by atoms with Crippen molar-refractivity contribution in [3.63, 3.8) is 0 Å². The number of rotatable bonds is 5. The molecular weight excluding hydrogens is 428 g/mol. The van der Waals surface area contributed by atoms with Crippen molar-refractivity contribution >= 4 is 21.5 Å². The van der Waals surface area contributed by atoms with Gasteiger partial charge < -0.3 is 14.4 Å². The first-order chi connectivity index (χ1) is 15.6. The summed E-state index contributed by atoms with van der Waals surface area (Å²) in [4.78, 5) is 2.38. The van der Waals surface area contributed by atoms with Crippen molar-refractivity contribution in [2.24, 2.45) is 0 Å². The second kappa shape index (κ2) is 8.66. The summed E-state index contributed by atoms with van der Waals surface area (Å²) in [6.07, 6.45) is 3.65. The van der Waals surface area contributed by atoms with E-state index in [1.807, 2.05) is 24.3 Å². The molecule has 0 spiro atoms. The standard InChI is InChI=1S/C23H24N4O4S/c28-32(29,19-8-10-21-22(16-19)31-15-14-30-21)26-18-6-4-17(5-7-18)20-9-11-23(25-24-20)27-12-2-1-3-13-27/h4-11,16,26H,1-3,12-15H2. The van der Waals surface area contributed by atoms with Crippen molar-refractivity contribution in [2.75, 3.05) is 35.9 Å². The summed E-state index contributed by atoms with van der Waals surface area (Å²) >= 11 is 0. The highest BCUT2D eigenvalue weighted by Gasteiger charge is 2.20. The van der Waals surface area contributed by atoms with Gasteiger partial charge in [0.2, 0.25) is 0 Å². The van der Waals surface area contributed by atoms with E-state index < -0.39 is 10.0 Å². The van der Waals surface area contributed by atoms with Gasteiger partial charge in [0.05, 0.1) is 10.6 Å². The summed E-state index contributed by atoms with van der Waals surface area (Å²) in [5.74, 6) is 1.88. The molecule has 166 valence electrons. The van der Waals surface area contributed by atoms with Crippen LogP contribution in [0.3, 0.4) is 0 Å². The number of hydrogen-bond acceptors (Lipinski definition) is 7. The van der Waals surface area contributed by atoms with Crippen LogP contribution in [-0.4, -0.2) is 44.9 Å². The topological polar surface area (TPSA) is 93.7 Å². The summed E-state index contributed by atoms with van der Waals surface area (Å²) < 4.78 is 39.1. The maximum Gasteiger partial charge on any atom is 0.262 e. The molecule has 1 saturated heterocycles. The molecule has 0 atom stereocenters. The molecule has 2 aliphatic heterocycles. The van der Waals surface area contributed by atoms with E-state index >= 15 is 0 Å². The molecule has 3 aromatic rings. The van der Waals surface area contributed by atoms with Gasteiger partial charge in [-0.15, -0.1) is 10.2 Å². The molecule has 1 fully saturated rings. The van der Waals surface area contributed by atoms with E-state index in [4.69, 9.17) is 9.47 Å². The maximum atomic E-state index is 12.8. The Morgan fingerprint density at radius 2 is 1.56 bits per heavy atom.